The predicted molar refractivity (Wildman–Crippen MR) is 49.2 cm³/mol. The molecule has 0 saturated carbocycles. The van der Waals surface area contributed by atoms with Crippen LogP contribution in [-0.2, 0) is 6.54 Å². The highest BCUT2D eigenvalue weighted by molar-refractivity contribution is 5.80. The van der Waals surface area contributed by atoms with Crippen molar-refractivity contribution in [2.45, 2.75) is 19.6 Å². The molecule has 1 unspecified atom stereocenters. The third-order valence-corrected chi connectivity index (χ3v) is 1.77. The summed E-state index contributed by atoms with van der Waals surface area (Å²) in [6.45, 7) is 2.00. The van der Waals surface area contributed by atoms with Gasteiger partial charge in [0.15, 0.2) is 17.0 Å². The van der Waals surface area contributed by atoms with E-state index in [9.17, 15) is 5.11 Å². The lowest BCUT2D eigenvalue weighted by atomic mass is 10.4. The molecule has 0 aliphatic heterocycles. The molecular weight excluding hydrogens is 184 g/mol. The van der Waals surface area contributed by atoms with Gasteiger partial charge in [0.05, 0.1) is 12.6 Å². The fourth-order valence-corrected chi connectivity index (χ4v) is 1.18. The van der Waals surface area contributed by atoms with Gasteiger partial charge in [-0.15, -0.1) is 5.10 Å². The van der Waals surface area contributed by atoms with Crippen molar-refractivity contribution in [1.82, 2.24) is 25.0 Å². The van der Waals surface area contributed by atoms with E-state index in [2.05, 4.69) is 20.3 Å². The third-order valence-electron chi connectivity index (χ3n) is 1.77. The van der Waals surface area contributed by atoms with Crippen LogP contribution in [0.15, 0.2) is 6.33 Å². The van der Waals surface area contributed by atoms with Gasteiger partial charge in [0.1, 0.15) is 6.33 Å². The molecule has 7 nitrogen and oxygen atoms in total. The molecule has 0 spiro atoms. The molecule has 2 rings (SSSR count). The molecule has 0 amide bonds. The number of fused-ring (bicyclic) bond motifs is 1. The molecule has 2 aromatic heterocycles. The Labute approximate surface area is 79.6 Å². The third kappa shape index (κ3) is 1.37. The second-order valence-corrected chi connectivity index (χ2v) is 3.05. The fourth-order valence-electron chi connectivity index (χ4n) is 1.18. The van der Waals surface area contributed by atoms with Gasteiger partial charge in [0.25, 0.3) is 0 Å². The van der Waals surface area contributed by atoms with Crippen molar-refractivity contribution in [2.24, 2.45) is 0 Å². The van der Waals surface area contributed by atoms with Gasteiger partial charge in [-0.2, -0.15) is 0 Å². The van der Waals surface area contributed by atoms with E-state index in [-0.39, 0.29) is 0 Å². The van der Waals surface area contributed by atoms with Crippen LogP contribution in [0.3, 0.4) is 0 Å². The zero-order chi connectivity index (χ0) is 10.1. The van der Waals surface area contributed by atoms with E-state index in [0.717, 1.165) is 0 Å². The molecule has 0 radical (unpaired) electrons. The molecule has 3 N–H and O–H groups in total. The summed E-state index contributed by atoms with van der Waals surface area (Å²) in [5, 5.41) is 16.8. The van der Waals surface area contributed by atoms with Crippen molar-refractivity contribution in [2.75, 3.05) is 5.73 Å². The first-order chi connectivity index (χ1) is 6.68. The maximum atomic E-state index is 9.19. The van der Waals surface area contributed by atoms with E-state index in [1.165, 1.54) is 11.0 Å². The minimum absolute atomic E-state index is 0.298. The molecule has 0 fully saturated rings. The van der Waals surface area contributed by atoms with E-state index < -0.39 is 6.10 Å². The largest absolute Gasteiger partial charge is 0.391 e. The summed E-state index contributed by atoms with van der Waals surface area (Å²) in [4.78, 5) is 7.78. The van der Waals surface area contributed by atoms with Crippen LogP contribution in [-0.4, -0.2) is 36.2 Å². The summed E-state index contributed by atoms with van der Waals surface area (Å²) in [5.74, 6) is 0.298. The van der Waals surface area contributed by atoms with Gasteiger partial charge >= 0.3 is 0 Å². The van der Waals surface area contributed by atoms with Crippen molar-refractivity contribution in [1.29, 1.82) is 0 Å². The first kappa shape index (κ1) is 8.82. The van der Waals surface area contributed by atoms with Crippen molar-refractivity contribution in [3.8, 4) is 0 Å². The van der Waals surface area contributed by atoms with Crippen molar-refractivity contribution in [3.63, 3.8) is 0 Å². The maximum Gasteiger partial charge on any atom is 0.183 e. The van der Waals surface area contributed by atoms with Gasteiger partial charge in [0.2, 0.25) is 0 Å². The molecule has 74 valence electrons. The number of aliphatic hydroxyl groups is 1. The highest BCUT2D eigenvalue weighted by atomic mass is 16.3. The molecule has 2 heterocycles. The van der Waals surface area contributed by atoms with Crippen LogP contribution < -0.4 is 5.73 Å². The van der Waals surface area contributed by atoms with E-state index in [4.69, 9.17) is 5.73 Å². The first-order valence-electron chi connectivity index (χ1n) is 4.16. The van der Waals surface area contributed by atoms with E-state index in [1.54, 1.807) is 6.92 Å². The average Bonchev–Trinajstić information content (AvgIpc) is 2.49. The zero-order valence-corrected chi connectivity index (χ0v) is 7.62. The molecule has 0 saturated heterocycles. The Balaban J connectivity index is 2.52. The minimum atomic E-state index is -0.504. The van der Waals surface area contributed by atoms with Gasteiger partial charge in [0, 0.05) is 0 Å². The summed E-state index contributed by atoms with van der Waals surface area (Å²) in [6, 6.07) is 0. The average molecular weight is 194 g/mol. The number of aromatic nitrogens is 5. The van der Waals surface area contributed by atoms with Crippen LogP contribution in [0.25, 0.3) is 11.2 Å². The lowest BCUT2D eigenvalue weighted by Crippen LogP contribution is -2.13. The summed E-state index contributed by atoms with van der Waals surface area (Å²) < 4.78 is 1.50. The number of hydrogen-bond acceptors (Lipinski definition) is 6. The number of nitrogens with two attached hydrogens (primary N) is 1. The monoisotopic (exact) mass is 194 g/mol. The van der Waals surface area contributed by atoms with Crippen molar-refractivity contribution in [3.05, 3.63) is 6.33 Å². The fraction of sp³-hybridized carbons (Fsp3) is 0.429. The topological polar surface area (TPSA) is 103 Å². The summed E-state index contributed by atoms with van der Waals surface area (Å²) >= 11 is 0. The highest BCUT2D eigenvalue weighted by Crippen LogP contribution is 2.12. The quantitative estimate of drug-likeness (QED) is 0.647. The molecule has 0 aromatic carbocycles. The number of aliphatic hydroxyl groups excluding tert-OH is 1. The van der Waals surface area contributed by atoms with Crippen LogP contribution in [0, 0.1) is 0 Å². The van der Waals surface area contributed by atoms with Crippen LogP contribution in [0.5, 0.6) is 0 Å². The second-order valence-electron chi connectivity index (χ2n) is 3.05. The van der Waals surface area contributed by atoms with Crippen LogP contribution in [0.4, 0.5) is 5.82 Å². The van der Waals surface area contributed by atoms with E-state index in [0.29, 0.717) is 23.5 Å². The van der Waals surface area contributed by atoms with Crippen LogP contribution in [0.2, 0.25) is 0 Å². The van der Waals surface area contributed by atoms with Crippen LogP contribution >= 0.6 is 0 Å². The highest BCUT2D eigenvalue weighted by Gasteiger charge is 2.10. The normalized spacial score (nSPS) is 13.3. The number of anilines is 1. The zero-order valence-electron chi connectivity index (χ0n) is 7.62. The number of nitrogens with zero attached hydrogens (tertiary/aromatic N) is 5. The predicted octanol–water partition coefficient (Wildman–Crippen LogP) is -0.816. The molecule has 0 bridgehead atoms. The number of nitrogen functional groups attached to an aromatic ring is 1. The van der Waals surface area contributed by atoms with Crippen molar-refractivity contribution >= 4 is 17.0 Å². The minimum Gasteiger partial charge on any atom is -0.391 e. The van der Waals surface area contributed by atoms with Crippen LogP contribution in [0.1, 0.15) is 6.92 Å². The van der Waals surface area contributed by atoms with Crippen molar-refractivity contribution < 1.29 is 5.11 Å². The Bertz CT molecular complexity index is 450. The van der Waals surface area contributed by atoms with Gasteiger partial charge in [-0.3, -0.25) is 0 Å². The standard InChI is InChI=1S/C7H10N6O/c1-4(14)2-13-7-5(11-12-13)6(8)9-3-10-7/h3-4,14H,2H2,1H3,(H2,8,9,10). The van der Waals surface area contributed by atoms with Gasteiger partial charge in [-0.05, 0) is 6.92 Å². The summed E-state index contributed by atoms with van der Waals surface area (Å²) in [7, 11) is 0. The summed E-state index contributed by atoms with van der Waals surface area (Å²) in [5.41, 5.74) is 6.58. The molecular formula is C7H10N6O. The molecule has 7 heteroatoms. The molecule has 2 aromatic rings. The number of hydrogen-bond donors (Lipinski definition) is 2. The van der Waals surface area contributed by atoms with Gasteiger partial charge in [-0.1, -0.05) is 5.21 Å². The molecule has 0 aliphatic carbocycles. The smallest absolute Gasteiger partial charge is 0.183 e. The summed E-state index contributed by atoms with van der Waals surface area (Å²) in [6.07, 6.45) is 0.843. The Morgan fingerprint density at radius 1 is 1.57 bits per heavy atom. The van der Waals surface area contributed by atoms with Gasteiger partial charge in [-0.25, -0.2) is 14.6 Å². The molecule has 0 aliphatic rings. The Morgan fingerprint density at radius 3 is 3.07 bits per heavy atom. The van der Waals surface area contributed by atoms with E-state index >= 15 is 0 Å². The Kier molecular flexibility index (Phi) is 2.01. The van der Waals surface area contributed by atoms with E-state index in [1.807, 2.05) is 0 Å². The Morgan fingerprint density at radius 2 is 2.36 bits per heavy atom. The molecule has 14 heavy (non-hydrogen) atoms. The SMILES string of the molecule is CC(O)Cn1nnc2c(N)ncnc21. The van der Waals surface area contributed by atoms with Gasteiger partial charge < -0.3 is 10.8 Å². The number of rotatable bonds is 2. The lowest BCUT2D eigenvalue weighted by molar-refractivity contribution is 0.169. The first-order valence-corrected chi connectivity index (χ1v) is 4.16. The maximum absolute atomic E-state index is 9.19. The second kappa shape index (κ2) is 3.18. The molecule has 1 atom stereocenters. The Hall–Kier alpha value is -1.76. The lowest BCUT2D eigenvalue weighted by Gasteiger charge is -2.03.